The summed E-state index contributed by atoms with van der Waals surface area (Å²) in [7, 11) is 0.715. The summed E-state index contributed by atoms with van der Waals surface area (Å²) in [6.45, 7) is 1.73. The Morgan fingerprint density at radius 3 is 2.40 bits per heavy atom. The Labute approximate surface area is 145 Å². The average molecular weight is 365 g/mol. The van der Waals surface area contributed by atoms with Crippen LogP contribution < -0.4 is 5.32 Å². The maximum Gasteiger partial charge on any atom is 0.335 e. The lowest BCUT2D eigenvalue weighted by atomic mass is 10.1. The highest BCUT2D eigenvalue weighted by Crippen LogP contribution is 2.20. The van der Waals surface area contributed by atoms with Crippen molar-refractivity contribution < 1.29 is 23.1 Å². The van der Waals surface area contributed by atoms with Crippen LogP contribution in [0.3, 0.4) is 0 Å². The summed E-state index contributed by atoms with van der Waals surface area (Å²) < 4.78 is 26.8. The minimum Gasteiger partial charge on any atom is -0.478 e. The van der Waals surface area contributed by atoms with Gasteiger partial charge < -0.3 is 15.0 Å². The molecule has 0 bridgehead atoms. The average Bonchev–Trinajstić information content (AvgIpc) is 2.91. The highest BCUT2D eigenvalue weighted by atomic mass is 32.2. The number of hydrogen-bond donors (Lipinski definition) is 2. The van der Waals surface area contributed by atoms with Gasteiger partial charge in [0.15, 0.2) is 0 Å². The number of aromatic nitrogens is 1. The number of benzene rings is 1. The largest absolute Gasteiger partial charge is 0.478 e. The molecule has 2 rings (SSSR count). The van der Waals surface area contributed by atoms with Crippen molar-refractivity contribution in [1.82, 2.24) is 8.87 Å². The number of rotatable bonds is 5. The van der Waals surface area contributed by atoms with Gasteiger partial charge in [-0.25, -0.2) is 17.5 Å². The second-order valence-corrected chi connectivity index (χ2v) is 7.90. The quantitative estimate of drug-likeness (QED) is 0.835. The summed E-state index contributed by atoms with van der Waals surface area (Å²) in [5.74, 6) is -1.64. The van der Waals surface area contributed by atoms with Crippen molar-refractivity contribution in [3.8, 4) is 0 Å². The van der Waals surface area contributed by atoms with Crippen molar-refractivity contribution >= 4 is 27.6 Å². The van der Waals surface area contributed by atoms with E-state index in [0.717, 1.165) is 4.31 Å². The maximum absolute atomic E-state index is 12.5. The Kier molecular flexibility index (Phi) is 5.00. The van der Waals surface area contributed by atoms with Crippen molar-refractivity contribution in [2.24, 2.45) is 7.05 Å². The number of carboxylic acids is 1. The molecule has 0 fully saturated rings. The molecule has 9 heteroatoms. The fourth-order valence-corrected chi connectivity index (χ4v) is 3.16. The Hall–Kier alpha value is -2.65. The zero-order chi connectivity index (χ0) is 18.9. The number of carbonyl (C=O) groups is 2. The number of nitrogens with zero attached hydrogens (tertiary/aromatic N) is 2. The number of anilines is 1. The van der Waals surface area contributed by atoms with Gasteiger partial charge >= 0.3 is 5.97 Å². The number of aromatic carboxylic acids is 1. The van der Waals surface area contributed by atoms with E-state index in [0.29, 0.717) is 11.3 Å². The minimum absolute atomic E-state index is 0.00107. The molecule has 1 heterocycles. The van der Waals surface area contributed by atoms with Crippen molar-refractivity contribution in [3.63, 3.8) is 0 Å². The van der Waals surface area contributed by atoms with Crippen LogP contribution in [0.5, 0.6) is 0 Å². The van der Waals surface area contributed by atoms with E-state index in [4.69, 9.17) is 5.11 Å². The Bertz CT molecular complexity index is 945. The van der Waals surface area contributed by atoms with Crippen LogP contribution in [0.25, 0.3) is 0 Å². The van der Waals surface area contributed by atoms with E-state index in [2.05, 4.69) is 5.32 Å². The second-order valence-electron chi connectivity index (χ2n) is 5.75. The van der Waals surface area contributed by atoms with Gasteiger partial charge in [0.1, 0.15) is 10.6 Å². The fraction of sp³-hybridized carbons (Fsp3) is 0.250. The van der Waals surface area contributed by atoms with Crippen LogP contribution in [-0.4, -0.2) is 48.4 Å². The first kappa shape index (κ1) is 18.7. The van der Waals surface area contributed by atoms with Crippen LogP contribution >= 0.6 is 0 Å². The summed E-state index contributed by atoms with van der Waals surface area (Å²) in [4.78, 5) is 23.6. The molecular formula is C16H19N3O5S. The highest BCUT2D eigenvalue weighted by Gasteiger charge is 2.23. The molecule has 1 amide bonds. The molecule has 1 aromatic heterocycles. The van der Waals surface area contributed by atoms with Gasteiger partial charge in [-0.15, -0.1) is 0 Å². The number of aryl methyl sites for hydroxylation is 2. The normalized spacial score (nSPS) is 11.6. The molecule has 0 aliphatic rings. The molecule has 25 heavy (non-hydrogen) atoms. The van der Waals surface area contributed by atoms with Gasteiger partial charge in [-0.3, -0.25) is 4.79 Å². The van der Waals surface area contributed by atoms with Gasteiger partial charge in [-0.2, -0.15) is 0 Å². The van der Waals surface area contributed by atoms with Gasteiger partial charge in [0.2, 0.25) is 10.0 Å². The van der Waals surface area contributed by atoms with E-state index in [1.54, 1.807) is 20.0 Å². The van der Waals surface area contributed by atoms with Crippen molar-refractivity contribution in [1.29, 1.82) is 0 Å². The molecule has 2 aromatic rings. The van der Waals surface area contributed by atoms with Gasteiger partial charge in [0.05, 0.1) is 5.56 Å². The molecule has 0 saturated heterocycles. The van der Waals surface area contributed by atoms with Crippen molar-refractivity contribution in [2.45, 2.75) is 11.8 Å². The van der Waals surface area contributed by atoms with Gasteiger partial charge in [-0.05, 0) is 30.7 Å². The van der Waals surface area contributed by atoms with E-state index >= 15 is 0 Å². The van der Waals surface area contributed by atoms with Crippen LogP contribution in [-0.2, 0) is 17.1 Å². The van der Waals surface area contributed by atoms with Gasteiger partial charge in [0, 0.05) is 33.0 Å². The van der Waals surface area contributed by atoms with Crippen LogP contribution in [0.4, 0.5) is 5.69 Å². The maximum atomic E-state index is 12.5. The molecule has 0 aliphatic heterocycles. The molecule has 0 spiro atoms. The van der Waals surface area contributed by atoms with Crippen LogP contribution in [0.1, 0.15) is 26.4 Å². The van der Waals surface area contributed by atoms with Crippen molar-refractivity contribution in [2.75, 3.05) is 19.4 Å². The Morgan fingerprint density at radius 1 is 1.20 bits per heavy atom. The molecule has 134 valence electrons. The number of carboxylic acid groups (broad SMARTS) is 1. The molecule has 0 radical (unpaired) electrons. The molecular weight excluding hydrogens is 346 g/mol. The summed E-state index contributed by atoms with van der Waals surface area (Å²) in [6.07, 6.45) is 1.35. The topological polar surface area (TPSA) is 109 Å². The molecule has 0 saturated carbocycles. The summed E-state index contributed by atoms with van der Waals surface area (Å²) in [6, 6.07) is 5.67. The number of hydrogen-bond acceptors (Lipinski definition) is 4. The molecule has 1 aromatic carbocycles. The standard InChI is InChI=1S/C16H19N3O5S/c1-10-5-6-11(16(21)22)7-13(10)17-15(20)14-8-12(9-19(14)4)25(23,24)18(2)3/h5-9H,1-4H3,(H,17,20)(H,21,22). The minimum atomic E-state index is -3.66. The SMILES string of the molecule is Cc1ccc(C(=O)O)cc1NC(=O)c1cc(S(=O)(=O)N(C)C)cn1C. The highest BCUT2D eigenvalue weighted by molar-refractivity contribution is 7.89. The summed E-state index contributed by atoms with van der Waals surface area (Å²) in [5.41, 5.74) is 1.22. The molecule has 0 unspecified atom stereocenters. The molecule has 0 atom stereocenters. The fourth-order valence-electron chi connectivity index (χ4n) is 2.19. The Morgan fingerprint density at radius 2 is 1.84 bits per heavy atom. The lowest BCUT2D eigenvalue weighted by Gasteiger charge is -2.10. The van der Waals surface area contributed by atoms with Crippen LogP contribution in [0.2, 0.25) is 0 Å². The smallest absolute Gasteiger partial charge is 0.335 e. The molecule has 8 nitrogen and oxygen atoms in total. The van der Waals surface area contributed by atoms with E-state index < -0.39 is 21.9 Å². The van der Waals surface area contributed by atoms with Gasteiger partial charge in [-0.1, -0.05) is 6.07 Å². The predicted octanol–water partition coefficient (Wildman–Crippen LogP) is 1.53. The van der Waals surface area contributed by atoms with E-state index in [-0.39, 0.29) is 16.2 Å². The number of sulfonamides is 1. The molecule has 0 aliphatic carbocycles. The monoisotopic (exact) mass is 365 g/mol. The van der Waals surface area contributed by atoms with E-state index in [9.17, 15) is 18.0 Å². The van der Waals surface area contributed by atoms with Crippen LogP contribution in [0, 0.1) is 6.92 Å². The van der Waals surface area contributed by atoms with E-state index in [1.807, 2.05) is 0 Å². The second kappa shape index (κ2) is 6.69. The van der Waals surface area contributed by atoms with Crippen LogP contribution in [0.15, 0.2) is 35.4 Å². The predicted molar refractivity (Wildman–Crippen MR) is 92.4 cm³/mol. The zero-order valence-corrected chi connectivity index (χ0v) is 15.1. The number of amides is 1. The number of carbonyl (C=O) groups excluding carboxylic acids is 1. The third-order valence-corrected chi connectivity index (χ3v) is 5.50. The lowest BCUT2D eigenvalue weighted by Crippen LogP contribution is -2.21. The number of nitrogens with one attached hydrogen (secondary N) is 1. The Balaban J connectivity index is 2.36. The zero-order valence-electron chi connectivity index (χ0n) is 14.3. The first-order chi connectivity index (χ1) is 11.5. The van der Waals surface area contributed by atoms with E-state index in [1.165, 1.54) is 43.1 Å². The van der Waals surface area contributed by atoms with Crippen molar-refractivity contribution in [3.05, 3.63) is 47.3 Å². The molecule has 2 N–H and O–H groups in total. The first-order valence-corrected chi connectivity index (χ1v) is 8.72. The third kappa shape index (κ3) is 3.72. The third-order valence-electron chi connectivity index (χ3n) is 3.72. The summed E-state index contributed by atoms with van der Waals surface area (Å²) >= 11 is 0. The first-order valence-electron chi connectivity index (χ1n) is 7.28. The lowest BCUT2D eigenvalue weighted by molar-refractivity contribution is 0.0696. The summed E-state index contributed by atoms with van der Waals surface area (Å²) in [5, 5.41) is 11.7. The van der Waals surface area contributed by atoms with Gasteiger partial charge in [0.25, 0.3) is 5.91 Å².